The second kappa shape index (κ2) is 9.69. The molecule has 5 aromatic carbocycles. The van der Waals surface area contributed by atoms with E-state index in [9.17, 15) is 5.26 Å². The molecule has 0 amide bonds. The van der Waals surface area contributed by atoms with E-state index in [-0.39, 0.29) is 0 Å². The van der Waals surface area contributed by atoms with Crippen LogP contribution in [-0.2, 0) is 0 Å². The highest BCUT2D eigenvalue weighted by atomic mass is 15.0. The Balaban J connectivity index is 1.55. The topological polar surface area (TPSA) is 46.5 Å². The molecule has 8 rings (SSSR count). The van der Waals surface area contributed by atoms with Crippen molar-refractivity contribution in [3.05, 3.63) is 137 Å². The van der Waals surface area contributed by atoms with E-state index < -0.39 is 0 Å². The molecular formula is C40H30N4. The van der Waals surface area contributed by atoms with Gasteiger partial charge in [-0.3, -0.25) is 4.98 Å². The monoisotopic (exact) mass is 566 g/mol. The summed E-state index contributed by atoms with van der Waals surface area (Å²) in [6.07, 6.45) is 3.72. The van der Waals surface area contributed by atoms with Crippen molar-refractivity contribution in [1.29, 1.82) is 5.26 Å². The summed E-state index contributed by atoms with van der Waals surface area (Å²) in [7, 11) is 0. The van der Waals surface area contributed by atoms with E-state index in [1.807, 2.05) is 12.3 Å². The third-order valence-corrected chi connectivity index (χ3v) is 8.85. The van der Waals surface area contributed by atoms with E-state index in [0.29, 0.717) is 5.56 Å². The van der Waals surface area contributed by atoms with Gasteiger partial charge in [0, 0.05) is 45.1 Å². The van der Waals surface area contributed by atoms with Gasteiger partial charge in [0.05, 0.1) is 39.0 Å². The molecule has 44 heavy (non-hydrogen) atoms. The predicted molar refractivity (Wildman–Crippen MR) is 182 cm³/mol. The number of hydrogen-bond acceptors (Lipinski definition) is 2. The number of fused-ring (bicyclic) bond motifs is 6. The third kappa shape index (κ3) is 3.87. The van der Waals surface area contributed by atoms with E-state index >= 15 is 0 Å². The highest BCUT2D eigenvalue weighted by molar-refractivity contribution is 6.11. The first-order chi connectivity index (χ1) is 21.4. The van der Waals surface area contributed by atoms with Crippen LogP contribution in [0.3, 0.4) is 0 Å². The highest BCUT2D eigenvalue weighted by Crippen LogP contribution is 2.41. The van der Waals surface area contributed by atoms with Crippen LogP contribution in [0.1, 0.15) is 27.8 Å². The lowest BCUT2D eigenvalue weighted by molar-refractivity contribution is 1.13. The van der Waals surface area contributed by atoms with Crippen LogP contribution in [0.15, 0.2) is 109 Å². The number of rotatable bonds is 3. The van der Waals surface area contributed by atoms with Crippen molar-refractivity contribution in [1.82, 2.24) is 14.1 Å². The van der Waals surface area contributed by atoms with Gasteiger partial charge in [-0.05, 0) is 92.4 Å². The van der Waals surface area contributed by atoms with Crippen molar-refractivity contribution >= 4 is 43.6 Å². The molecule has 4 heteroatoms. The highest BCUT2D eigenvalue weighted by Gasteiger charge is 2.22. The van der Waals surface area contributed by atoms with Crippen molar-refractivity contribution < 1.29 is 0 Å². The van der Waals surface area contributed by atoms with Gasteiger partial charge in [0.2, 0.25) is 0 Å². The van der Waals surface area contributed by atoms with Gasteiger partial charge in [0.1, 0.15) is 6.07 Å². The van der Waals surface area contributed by atoms with Crippen LogP contribution in [0.2, 0.25) is 0 Å². The summed E-state index contributed by atoms with van der Waals surface area (Å²) in [5.74, 6) is 0. The van der Waals surface area contributed by atoms with Crippen molar-refractivity contribution in [2.75, 3.05) is 0 Å². The molecule has 0 aliphatic rings. The zero-order valence-electron chi connectivity index (χ0n) is 25.2. The van der Waals surface area contributed by atoms with Crippen molar-refractivity contribution in [3.63, 3.8) is 0 Å². The van der Waals surface area contributed by atoms with Crippen molar-refractivity contribution in [3.8, 4) is 28.6 Å². The summed E-state index contributed by atoms with van der Waals surface area (Å²) in [5, 5.41) is 15.5. The molecule has 8 aromatic rings. The van der Waals surface area contributed by atoms with Crippen LogP contribution in [0.4, 0.5) is 0 Å². The molecule has 0 saturated carbocycles. The van der Waals surface area contributed by atoms with Gasteiger partial charge in [0.25, 0.3) is 0 Å². The van der Waals surface area contributed by atoms with E-state index in [1.54, 1.807) is 6.20 Å². The first-order valence-electron chi connectivity index (χ1n) is 14.9. The fraction of sp³-hybridized carbons (Fsp3) is 0.100. The Bertz CT molecular complexity index is 2370. The number of hydrogen-bond donors (Lipinski definition) is 0. The lowest BCUT2D eigenvalue weighted by Gasteiger charge is -2.19. The van der Waals surface area contributed by atoms with Crippen LogP contribution in [0.25, 0.3) is 66.1 Å². The SMILES string of the molecule is Cc1ccc2c3ccc(C)cc3n(-c3cc(-c4cccnc4)c(-n4c5cc(C)ccc5c5ccc(C)cc54)cc3C#N)c2c1. The number of aromatic nitrogens is 3. The average molecular weight is 567 g/mol. The first-order valence-corrected chi connectivity index (χ1v) is 14.9. The predicted octanol–water partition coefficient (Wildman–Crippen LogP) is 10.0. The summed E-state index contributed by atoms with van der Waals surface area (Å²) in [6.45, 7) is 8.50. The van der Waals surface area contributed by atoms with Crippen LogP contribution >= 0.6 is 0 Å². The molecule has 0 aliphatic carbocycles. The van der Waals surface area contributed by atoms with Crippen LogP contribution in [0.5, 0.6) is 0 Å². The average Bonchev–Trinajstić information content (AvgIpc) is 3.51. The van der Waals surface area contributed by atoms with Crippen LogP contribution in [0, 0.1) is 39.0 Å². The molecule has 0 aliphatic heterocycles. The minimum Gasteiger partial charge on any atom is -0.309 e. The molecule has 210 valence electrons. The number of nitrogens with zero attached hydrogens (tertiary/aromatic N) is 4. The summed E-state index contributed by atoms with van der Waals surface area (Å²) >= 11 is 0. The Morgan fingerprint density at radius 1 is 0.545 bits per heavy atom. The van der Waals surface area contributed by atoms with Crippen molar-refractivity contribution in [2.45, 2.75) is 27.7 Å². The molecule has 3 aromatic heterocycles. The van der Waals surface area contributed by atoms with E-state index in [1.165, 1.54) is 43.8 Å². The molecule has 0 radical (unpaired) electrons. The number of aryl methyl sites for hydroxylation is 4. The maximum Gasteiger partial charge on any atom is 0.101 e. The summed E-state index contributed by atoms with van der Waals surface area (Å²) in [4.78, 5) is 4.51. The van der Waals surface area contributed by atoms with E-state index in [2.05, 4.69) is 139 Å². The molecule has 0 unspecified atom stereocenters. The van der Waals surface area contributed by atoms with Crippen LogP contribution in [-0.4, -0.2) is 14.1 Å². The lowest BCUT2D eigenvalue weighted by atomic mass is 10.00. The molecule has 4 nitrogen and oxygen atoms in total. The summed E-state index contributed by atoms with van der Waals surface area (Å²) in [5.41, 5.74) is 13.6. The maximum absolute atomic E-state index is 10.8. The Labute approximate surface area is 256 Å². The molecular weight excluding hydrogens is 536 g/mol. The fourth-order valence-corrected chi connectivity index (χ4v) is 6.79. The van der Waals surface area contributed by atoms with Gasteiger partial charge >= 0.3 is 0 Å². The fourth-order valence-electron chi connectivity index (χ4n) is 6.79. The quantitative estimate of drug-likeness (QED) is 0.214. The minimum absolute atomic E-state index is 0.616. The largest absolute Gasteiger partial charge is 0.309 e. The van der Waals surface area contributed by atoms with Gasteiger partial charge in [0.15, 0.2) is 0 Å². The Hall–Kier alpha value is -5.66. The van der Waals surface area contributed by atoms with E-state index in [0.717, 1.165) is 44.6 Å². The van der Waals surface area contributed by atoms with Gasteiger partial charge in [-0.15, -0.1) is 0 Å². The zero-order chi connectivity index (χ0) is 30.1. The van der Waals surface area contributed by atoms with E-state index in [4.69, 9.17) is 0 Å². The Morgan fingerprint density at radius 2 is 1.00 bits per heavy atom. The molecule has 0 spiro atoms. The number of nitriles is 1. The zero-order valence-corrected chi connectivity index (χ0v) is 25.2. The molecule has 0 fully saturated rings. The van der Waals surface area contributed by atoms with Crippen LogP contribution < -0.4 is 0 Å². The first kappa shape index (κ1) is 26.0. The van der Waals surface area contributed by atoms with Crippen molar-refractivity contribution in [2.24, 2.45) is 0 Å². The number of pyridine rings is 1. The smallest absolute Gasteiger partial charge is 0.101 e. The minimum atomic E-state index is 0.616. The van der Waals surface area contributed by atoms with Gasteiger partial charge < -0.3 is 9.13 Å². The lowest BCUT2D eigenvalue weighted by Crippen LogP contribution is -2.04. The standard InChI is InChI=1S/C40H30N4/c1-24-7-11-30-31-12-8-25(2)17-37(31)43(36(30)16-24)35-21-34(28-6-5-15-42-23-28)40(20-29(35)22-41)44-38-18-26(3)9-13-32(38)33-14-10-27(4)19-39(33)44/h5-21,23H,1-4H3. The van der Waals surface area contributed by atoms with Gasteiger partial charge in [-0.1, -0.05) is 54.6 Å². The summed E-state index contributed by atoms with van der Waals surface area (Å²) in [6, 6.07) is 37.4. The normalized spacial score (nSPS) is 11.6. The van der Waals surface area contributed by atoms with Gasteiger partial charge in [-0.25, -0.2) is 0 Å². The molecule has 0 atom stereocenters. The maximum atomic E-state index is 10.8. The third-order valence-electron chi connectivity index (χ3n) is 8.85. The number of benzene rings is 5. The Morgan fingerprint density at radius 3 is 1.41 bits per heavy atom. The molecule has 0 N–H and O–H groups in total. The molecule has 0 saturated heterocycles. The summed E-state index contributed by atoms with van der Waals surface area (Å²) < 4.78 is 4.60. The van der Waals surface area contributed by atoms with Gasteiger partial charge in [-0.2, -0.15) is 5.26 Å². The molecule has 0 bridgehead atoms. The molecule has 3 heterocycles. The Kier molecular flexibility index (Phi) is 5.73. The second-order valence-corrected chi connectivity index (χ2v) is 12.0. The second-order valence-electron chi connectivity index (χ2n) is 12.0.